The SMILES string of the molecule is CCc1cccc(CC)c1NC(=O)C1CSCCN1. The van der Waals surface area contributed by atoms with Crippen LogP contribution in [-0.2, 0) is 17.6 Å². The van der Waals surface area contributed by atoms with Crippen LogP contribution in [0.4, 0.5) is 5.69 Å². The van der Waals surface area contributed by atoms with Crippen LogP contribution >= 0.6 is 11.8 Å². The standard InChI is InChI=1S/C15H22N2OS/c1-3-11-6-5-7-12(4-2)14(11)17-15(18)13-10-19-9-8-16-13/h5-7,13,16H,3-4,8-10H2,1-2H3,(H,17,18). The van der Waals surface area contributed by atoms with Gasteiger partial charge in [-0.15, -0.1) is 0 Å². The Morgan fingerprint density at radius 1 is 1.37 bits per heavy atom. The number of benzene rings is 1. The fraction of sp³-hybridized carbons (Fsp3) is 0.533. The van der Waals surface area contributed by atoms with E-state index in [0.29, 0.717) is 0 Å². The topological polar surface area (TPSA) is 41.1 Å². The third-order valence-electron chi connectivity index (χ3n) is 3.49. The number of thioether (sulfide) groups is 1. The zero-order valence-electron chi connectivity index (χ0n) is 11.7. The predicted octanol–water partition coefficient (Wildman–Crippen LogP) is 2.45. The molecule has 0 radical (unpaired) electrons. The van der Waals surface area contributed by atoms with Gasteiger partial charge in [-0.3, -0.25) is 4.79 Å². The van der Waals surface area contributed by atoms with Crippen LogP contribution in [0.15, 0.2) is 18.2 Å². The first-order valence-electron chi connectivity index (χ1n) is 6.99. The number of nitrogens with one attached hydrogen (secondary N) is 2. The van der Waals surface area contributed by atoms with Crippen molar-refractivity contribution in [2.24, 2.45) is 0 Å². The number of rotatable bonds is 4. The van der Waals surface area contributed by atoms with E-state index in [0.717, 1.165) is 36.6 Å². The molecular weight excluding hydrogens is 256 g/mol. The summed E-state index contributed by atoms with van der Waals surface area (Å²) < 4.78 is 0. The molecule has 1 aliphatic rings. The molecule has 0 saturated carbocycles. The highest BCUT2D eigenvalue weighted by molar-refractivity contribution is 7.99. The molecule has 1 fully saturated rings. The first kappa shape index (κ1) is 14.4. The minimum Gasteiger partial charge on any atom is -0.324 e. The van der Waals surface area contributed by atoms with Crippen LogP contribution in [0.5, 0.6) is 0 Å². The molecule has 104 valence electrons. The Labute approximate surface area is 119 Å². The molecule has 1 amide bonds. The summed E-state index contributed by atoms with van der Waals surface area (Å²) in [6, 6.07) is 6.20. The lowest BCUT2D eigenvalue weighted by molar-refractivity contribution is -0.117. The molecule has 2 N–H and O–H groups in total. The van der Waals surface area contributed by atoms with Gasteiger partial charge in [-0.05, 0) is 24.0 Å². The van der Waals surface area contributed by atoms with Gasteiger partial charge in [-0.25, -0.2) is 0 Å². The Morgan fingerprint density at radius 3 is 2.58 bits per heavy atom. The summed E-state index contributed by atoms with van der Waals surface area (Å²) in [7, 11) is 0. The van der Waals surface area contributed by atoms with Crippen LogP contribution in [0, 0.1) is 0 Å². The van der Waals surface area contributed by atoms with Gasteiger partial charge >= 0.3 is 0 Å². The number of hydrogen-bond acceptors (Lipinski definition) is 3. The van der Waals surface area contributed by atoms with E-state index in [-0.39, 0.29) is 11.9 Å². The Morgan fingerprint density at radius 2 is 2.05 bits per heavy atom. The molecule has 1 unspecified atom stereocenters. The van der Waals surface area contributed by atoms with Gasteiger partial charge in [-0.2, -0.15) is 11.8 Å². The Balaban J connectivity index is 2.15. The van der Waals surface area contributed by atoms with Crippen molar-refractivity contribution in [2.45, 2.75) is 32.7 Å². The van der Waals surface area contributed by atoms with Crippen LogP contribution in [0.2, 0.25) is 0 Å². The van der Waals surface area contributed by atoms with Crippen molar-refractivity contribution >= 4 is 23.4 Å². The molecule has 1 atom stereocenters. The highest BCUT2D eigenvalue weighted by atomic mass is 32.2. The number of anilines is 1. The largest absolute Gasteiger partial charge is 0.324 e. The van der Waals surface area contributed by atoms with Crippen molar-refractivity contribution in [1.82, 2.24) is 5.32 Å². The van der Waals surface area contributed by atoms with E-state index >= 15 is 0 Å². The van der Waals surface area contributed by atoms with Gasteiger partial charge in [0.2, 0.25) is 5.91 Å². The summed E-state index contributed by atoms with van der Waals surface area (Å²) in [5, 5.41) is 6.42. The molecule has 1 saturated heterocycles. The van der Waals surface area contributed by atoms with E-state index in [9.17, 15) is 4.79 Å². The van der Waals surface area contributed by atoms with Crippen molar-refractivity contribution in [2.75, 3.05) is 23.4 Å². The Hall–Kier alpha value is -1.000. The summed E-state index contributed by atoms with van der Waals surface area (Å²) in [5.74, 6) is 2.06. The van der Waals surface area contributed by atoms with Crippen molar-refractivity contribution in [3.05, 3.63) is 29.3 Å². The van der Waals surface area contributed by atoms with Gasteiger partial charge in [0.1, 0.15) is 0 Å². The average molecular weight is 278 g/mol. The lowest BCUT2D eigenvalue weighted by atomic mass is 10.0. The predicted molar refractivity (Wildman–Crippen MR) is 82.9 cm³/mol. The van der Waals surface area contributed by atoms with Crippen LogP contribution in [0.1, 0.15) is 25.0 Å². The van der Waals surface area contributed by atoms with E-state index in [1.807, 2.05) is 11.8 Å². The molecule has 2 rings (SSSR count). The summed E-state index contributed by atoms with van der Waals surface area (Å²) in [6.07, 6.45) is 1.88. The van der Waals surface area contributed by atoms with E-state index in [1.54, 1.807) is 0 Å². The maximum absolute atomic E-state index is 12.3. The molecule has 1 aromatic rings. The molecule has 1 heterocycles. The molecular formula is C15H22N2OS. The third-order valence-corrected chi connectivity index (χ3v) is 4.55. The maximum atomic E-state index is 12.3. The second-order valence-electron chi connectivity index (χ2n) is 4.73. The van der Waals surface area contributed by atoms with Crippen LogP contribution in [-0.4, -0.2) is 30.0 Å². The van der Waals surface area contributed by atoms with Gasteiger partial charge in [0.05, 0.1) is 6.04 Å². The monoisotopic (exact) mass is 278 g/mol. The average Bonchev–Trinajstić information content (AvgIpc) is 2.48. The second kappa shape index (κ2) is 6.96. The zero-order chi connectivity index (χ0) is 13.7. The van der Waals surface area contributed by atoms with Crippen molar-refractivity contribution in [1.29, 1.82) is 0 Å². The summed E-state index contributed by atoms with van der Waals surface area (Å²) in [5.41, 5.74) is 3.46. The van der Waals surface area contributed by atoms with E-state index < -0.39 is 0 Å². The van der Waals surface area contributed by atoms with Gasteiger partial charge in [-0.1, -0.05) is 32.0 Å². The number of amides is 1. The highest BCUT2D eigenvalue weighted by Crippen LogP contribution is 2.23. The normalized spacial score (nSPS) is 19.2. The van der Waals surface area contributed by atoms with Gasteiger partial charge < -0.3 is 10.6 Å². The maximum Gasteiger partial charge on any atom is 0.242 e. The smallest absolute Gasteiger partial charge is 0.242 e. The van der Waals surface area contributed by atoms with Crippen LogP contribution in [0.25, 0.3) is 0 Å². The second-order valence-corrected chi connectivity index (χ2v) is 5.88. The van der Waals surface area contributed by atoms with Gasteiger partial charge in [0.15, 0.2) is 0 Å². The first-order valence-corrected chi connectivity index (χ1v) is 8.14. The van der Waals surface area contributed by atoms with Gasteiger partial charge in [0.25, 0.3) is 0 Å². The third kappa shape index (κ3) is 3.51. The number of aryl methyl sites for hydroxylation is 2. The number of hydrogen-bond donors (Lipinski definition) is 2. The quantitative estimate of drug-likeness (QED) is 0.889. The molecule has 0 spiro atoms. The van der Waals surface area contributed by atoms with Crippen molar-refractivity contribution in [3.63, 3.8) is 0 Å². The lowest BCUT2D eigenvalue weighted by Crippen LogP contribution is -2.46. The van der Waals surface area contributed by atoms with E-state index in [2.05, 4.69) is 42.7 Å². The Kier molecular flexibility index (Phi) is 5.28. The molecule has 1 aromatic carbocycles. The minimum atomic E-state index is -0.0617. The first-order chi connectivity index (χ1) is 9.26. The summed E-state index contributed by atoms with van der Waals surface area (Å²) in [6.45, 7) is 5.16. The highest BCUT2D eigenvalue weighted by Gasteiger charge is 2.22. The number of carbonyl (C=O) groups is 1. The van der Waals surface area contributed by atoms with E-state index in [1.165, 1.54) is 11.1 Å². The number of para-hydroxylation sites is 1. The lowest BCUT2D eigenvalue weighted by Gasteiger charge is -2.23. The van der Waals surface area contributed by atoms with Crippen molar-refractivity contribution in [3.8, 4) is 0 Å². The minimum absolute atomic E-state index is 0.0617. The van der Waals surface area contributed by atoms with Crippen molar-refractivity contribution < 1.29 is 4.79 Å². The molecule has 3 nitrogen and oxygen atoms in total. The van der Waals surface area contributed by atoms with Crippen LogP contribution < -0.4 is 10.6 Å². The Bertz CT molecular complexity index is 420. The molecule has 0 aliphatic carbocycles. The molecule has 0 bridgehead atoms. The number of carbonyl (C=O) groups excluding carboxylic acids is 1. The molecule has 0 aromatic heterocycles. The van der Waals surface area contributed by atoms with Crippen LogP contribution in [0.3, 0.4) is 0 Å². The molecule has 1 aliphatic heterocycles. The van der Waals surface area contributed by atoms with E-state index in [4.69, 9.17) is 0 Å². The fourth-order valence-electron chi connectivity index (χ4n) is 2.35. The summed E-state index contributed by atoms with van der Waals surface area (Å²) >= 11 is 1.84. The molecule has 4 heteroatoms. The molecule has 19 heavy (non-hydrogen) atoms. The fourth-order valence-corrected chi connectivity index (χ4v) is 3.28. The van der Waals surface area contributed by atoms with Gasteiger partial charge in [0, 0.05) is 23.7 Å². The summed E-state index contributed by atoms with van der Waals surface area (Å²) in [4.78, 5) is 12.3. The zero-order valence-corrected chi connectivity index (χ0v) is 12.5.